The molecule has 4 nitrogen and oxygen atoms in total. The summed E-state index contributed by atoms with van der Waals surface area (Å²) in [5.74, 6) is -0.887. The Morgan fingerprint density at radius 2 is 1.79 bits per heavy atom. The summed E-state index contributed by atoms with van der Waals surface area (Å²) in [6, 6.07) is 8.44. The van der Waals surface area contributed by atoms with Crippen molar-refractivity contribution >= 4 is 11.8 Å². The predicted octanol–water partition coefficient (Wildman–Crippen LogP) is 4.23. The van der Waals surface area contributed by atoms with E-state index in [1.54, 1.807) is 6.92 Å². The molecule has 0 saturated heterocycles. The molecule has 24 heavy (non-hydrogen) atoms. The quantitative estimate of drug-likeness (QED) is 0.868. The molecular weight excluding hydrogens is 302 g/mol. The van der Waals surface area contributed by atoms with Gasteiger partial charge in [-0.15, -0.1) is 0 Å². The largest absolute Gasteiger partial charge is 0.477 e. The third-order valence-corrected chi connectivity index (χ3v) is 4.95. The lowest BCUT2D eigenvalue weighted by Gasteiger charge is -2.24. The molecule has 0 amide bonds. The first-order valence-electron chi connectivity index (χ1n) is 8.27. The molecule has 1 atom stereocenters. The van der Waals surface area contributed by atoms with Crippen molar-refractivity contribution in [1.82, 2.24) is 4.98 Å². The summed E-state index contributed by atoms with van der Waals surface area (Å²) in [6.45, 7) is 8.23. The van der Waals surface area contributed by atoms with Crippen LogP contribution in [0.4, 0.5) is 0 Å². The first kappa shape index (κ1) is 16.5. The number of aromatic carboxylic acids is 1. The average molecular weight is 325 g/mol. The van der Waals surface area contributed by atoms with Gasteiger partial charge in [0, 0.05) is 17.7 Å². The third-order valence-electron chi connectivity index (χ3n) is 4.95. The second kappa shape index (κ2) is 5.62. The highest BCUT2D eigenvalue weighted by molar-refractivity contribution is 6.03. The maximum absolute atomic E-state index is 12.5. The maximum atomic E-state index is 12.5. The van der Waals surface area contributed by atoms with Crippen LogP contribution in [0.25, 0.3) is 0 Å². The monoisotopic (exact) mass is 325 g/mol. The van der Waals surface area contributed by atoms with Gasteiger partial charge in [-0.1, -0.05) is 45.0 Å². The summed E-state index contributed by atoms with van der Waals surface area (Å²) >= 11 is 0. The lowest BCUT2D eigenvalue weighted by atomic mass is 9.80. The van der Waals surface area contributed by atoms with Gasteiger partial charge in [0.25, 0.3) is 0 Å². The van der Waals surface area contributed by atoms with Crippen LogP contribution in [0.3, 0.4) is 0 Å². The molecule has 0 fully saturated rings. The Labute approximate surface area is 141 Å². The number of rotatable bonds is 2. The van der Waals surface area contributed by atoms with Crippen molar-refractivity contribution in [2.75, 3.05) is 0 Å². The van der Waals surface area contributed by atoms with Gasteiger partial charge in [0.1, 0.15) is 5.69 Å². The van der Waals surface area contributed by atoms with Crippen molar-refractivity contribution in [3.8, 4) is 0 Å². The molecule has 4 heteroatoms. The Hall–Kier alpha value is -2.36. The van der Waals surface area contributed by atoms with E-state index in [1.165, 1.54) is 5.56 Å². The molecule has 2 aromatic rings. The van der Waals surface area contributed by atoms with Crippen molar-refractivity contribution in [3.63, 3.8) is 0 Å². The zero-order valence-electron chi connectivity index (χ0n) is 14.6. The molecule has 0 saturated carbocycles. The van der Waals surface area contributed by atoms with Gasteiger partial charge in [-0.3, -0.25) is 4.79 Å². The van der Waals surface area contributed by atoms with E-state index in [9.17, 15) is 14.7 Å². The van der Waals surface area contributed by atoms with E-state index in [4.69, 9.17) is 0 Å². The third kappa shape index (κ3) is 2.77. The van der Waals surface area contributed by atoms with Crippen molar-refractivity contribution < 1.29 is 14.7 Å². The molecular formula is C20H23NO3. The van der Waals surface area contributed by atoms with E-state index in [-0.39, 0.29) is 22.8 Å². The van der Waals surface area contributed by atoms with Crippen LogP contribution < -0.4 is 0 Å². The van der Waals surface area contributed by atoms with Crippen LogP contribution in [0, 0.1) is 6.92 Å². The minimum atomic E-state index is -1.01. The fourth-order valence-corrected chi connectivity index (χ4v) is 3.54. The van der Waals surface area contributed by atoms with Crippen molar-refractivity contribution in [2.45, 2.75) is 51.9 Å². The Balaban J connectivity index is 1.92. The Kier molecular flexibility index (Phi) is 3.86. The van der Waals surface area contributed by atoms with E-state index in [1.807, 2.05) is 0 Å². The van der Waals surface area contributed by atoms with E-state index >= 15 is 0 Å². The van der Waals surface area contributed by atoms with Crippen molar-refractivity contribution in [2.24, 2.45) is 0 Å². The topological polar surface area (TPSA) is 70.2 Å². The Morgan fingerprint density at radius 3 is 2.33 bits per heavy atom. The summed E-state index contributed by atoms with van der Waals surface area (Å²) in [5, 5.41) is 9.25. The first-order valence-corrected chi connectivity index (χ1v) is 8.27. The van der Waals surface area contributed by atoms with E-state index < -0.39 is 5.97 Å². The summed E-state index contributed by atoms with van der Waals surface area (Å²) in [7, 11) is 0. The van der Waals surface area contributed by atoms with Gasteiger partial charge in [0.2, 0.25) is 0 Å². The molecule has 3 rings (SSSR count). The van der Waals surface area contributed by atoms with Crippen LogP contribution in [-0.2, 0) is 11.8 Å². The highest BCUT2D eigenvalue weighted by atomic mass is 16.4. The zero-order valence-corrected chi connectivity index (χ0v) is 14.6. The summed E-state index contributed by atoms with van der Waals surface area (Å²) in [6.07, 6.45) is 1.10. The zero-order chi connectivity index (χ0) is 17.6. The fourth-order valence-electron chi connectivity index (χ4n) is 3.54. The Morgan fingerprint density at radius 1 is 1.17 bits per heavy atom. The number of ketones is 1. The predicted molar refractivity (Wildman–Crippen MR) is 93.0 cm³/mol. The van der Waals surface area contributed by atoms with Gasteiger partial charge >= 0.3 is 5.97 Å². The minimum absolute atomic E-state index is 0.0300. The molecule has 0 radical (unpaired) electrons. The Bertz CT molecular complexity index is 807. The minimum Gasteiger partial charge on any atom is -0.477 e. The summed E-state index contributed by atoms with van der Waals surface area (Å²) in [4.78, 5) is 26.8. The molecule has 1 aliphatic rings. The van der Waals surface area contributed by atoms with Gasteiger partial charge in [0.05, 0.1) is 0 Å². The normalized spacial score (nSPS) is 17.7. The number of carboxylic acid groups (broad SMARTS) is 1. The first-order chi connectivity index (χ1) is 11.2. The molecule has 0 unspecified atom stereocenters. The molecule has 1 heterocycles. The number of nitrogens with one attached hydrogen (secondary N) is 1. The van der Waals surface area contributed by atoms with E-state index in [0.29, 0.717) is 24.0 Å². The molecule has 1 aromatic heterocycles. The number of carboxylic acids is 1. The molecule has 126 valence electrons. The van der Waals surface area contributed by atoms with Gasteiger partial charge in [-0.05, 0) is 41.4 Å². The number of benzene rings is 1. The maximum Gasteiger partial charge on any atom is 0.352 e. The number of hydrogen-bond donors (Lipinski definition) is 2. The molecule has 0 bridgehead atoms. The summed E-state index contributed by atoms with van der Waals surface area (Å²) in [5.41, 5.74) is 4.52. The second-order valence-corrected chi connectivity index (χ2v) is 7.68. The van der Waals surface area contributed by atoms with Crippen molar-refractivity contribution in [1.29, 1.82) is 0 Å². The van der Waals surface area contributed by atoms with Crippen LogP contribution in [0.5, 0.6) is 0 Å². The number of aromatic nitrogens is 1. The number of aromatic amines is 1. The lowest BCUT2D eigenvalue weighted by molar-refractivity contribution is 0.0690. The van der Waals surface area contributed by atoms with Gasteiger partial charge in [-0.2, -0.15) is 0 Å². The second-order valence-electron chi connectivity index (χ2n) is 7.68. The number of Topliss-reactive ketones (excluding diaryl/α,β-unsaturated/α-hetero) is 1. The SMILES string of the molecule is Cc1c(C(=O)O)[nH]c2c1C(=O)C[C@@H](c1ccc(C(C)(C)C)cc1)C2. The van der Waals surface area contributed by atoms with Crippen LogP contribution in [0.15, 0.2) is 24.3 Å². The van der Waals surface area contributed by atoms with Gasteiger partial charge < -0.3 is 10.1 Å². The van der Waals surface area contributed by atoms with E-state index in [2.05, 4.69) is 50.0 Å². The average Bonchev–Trinajstić information content (AvgIpc) is 2.84. The smallest absolute Gasteiger partial charge is 0.352 e. The molecule has 1 aliphatic carbocycles. The molecule has 0 spiro atoms. The highest BCUT2D eigenvalue weighted by Crippen LogP contribution is 2.35. The summed E-state index contributed by atoms with van der Waals surface area (Å²) < 4.78 is 0. The lowest BCUT2D eigenvalue weighted by Crippen LogP contribution is -2.19. The number of carbonyl (C=O) groups excluding carboxylic acids is 1. The molecule has 1 aromatic carbocycles. The highest BCUT2D eigenvalue weighted by Gasteiger charge is 2.31. The number of H-pyrrole nitrogens is 1. The van der Waals surface area contributed by atoms with Crippen LogP contribution in [0.2, 0.25) is 0 Å². The van der Waals surface area contributed by atoms with Gasteiger partial charge in [-0.25, -0.2) is 4.79 Å². The number of carbonyl (C=O) groups is 2. The number of fused-ring (bicyclic) bond motifs is 1. The molecule has 0 aliphatic heterocycles. The fraction of sp³-hybridized carbons (Fsp3) is 0.400. The molecule has 2 N–H and O–H groups in total. The van der Waals surface area contributed by atoms with Crippen molar-refractivity contribution in [3.05, 3.63) is 57.9 Å². The van der Waals surface area contributed by atoms with E-state index in [0.717, 1.165) is 11.3 Å². The number of hydrogen-bond acceptors (Lipinski definition) is 2. The standard InChI is InChI=1S/C20H23NO3/c1-11-17-15(21-18(11)19(23)24)9-13(10-16(17)22)12-5-7-14(8-6-12)20(2,3)4/h5-8,13,21H,9-10H2,1-4H3,(H,23,24)/t13-/m0/s1. The van der Waals surface area contributed by atoms with Crippen LogP contribution in [-0.4, -0.2) is 21.8 Å². The van der Waals surface area contributed by atoms with Crippen LogP contribution >= 0.6 is 0 Å². The van der Waals surface area contributed by atoms with Gasteiger partial charge in [0.15, 0.2) is 5.78 Å². The van der Waals surface area contributed by atoms with Crippen LogP contribution in [0.1, 0.15) is 76.3 Å².